The summed E-state index contributed by atoms with van der Waals surface area (Å²) in [6.45, 7) is 3.92. The molecule has 4 rings (SSSR count). The number of carbonyl (C=O) groups is 1. The third kappa shape index (κ3) is 4.57. The maximum Gasteiger partial charge on any atom is 0.223 e. The molecule has 1 atom stereocenters. The summed E-state index contributed by atoms with van der Waals surface area (Å²) in [6, 6.07) is 10.1. The predicted octanol–water partition coefficient (Wildman–Crippen LogP) is 2.91. The number of anilines is 1. The number of aromatic nitrogens is 1. The van der Waals surface area contributed by atoms with Crippen LogP contribution < -0.4 is 10.2 Å². The molecule has 1 amide bonds. The summed E-state index contributed by atoms with van der Waals surface area (Å²) in [5.41, 5.74) is 2.26. The maximum absolute atomic E-state index is 12.5. The highest BCUT2D eigenvalue weighted by Gasteiger charge is 2.28. The van der Waals surface area contributed by atoms with Crippen molar-refractivity contribution >= 4 is 28.5 Å². The van der Waals surface area contributed by atoms with Crippen LogP contribution in [0.2, 0.25) is 0 Å². The van der Waals surface area contributed by atoms with Gasteiger partial charge in [-0.1, -0.05) is 42.5 Å². The molecule has 2 heterocycles. The number of rotatable bonds is 5. The molecular formula is C21H25N3O2S. The Morgan fingerprint density at radius 1 is 1.30 bits per heavy atom. The van der Waals surface area contributed by atoms with Crippen molar-refractivity contribution < 1.29 is 9.53 Å². The summed E-state index contributed by atoms with van der Waals surface area (Å²) in [4.78, 5) is 21.0. The summed E-state index contributed by atoms with van der Waals surface area (Å²) in [5.74, 6) is 0.168. The van der Waals surface area contributed by atoms with Crippen molar-refractivity contribution in [3.8, 4) is 0 Å². The van der Waals surface area contributed by atoms with Gasteiger partial charge in [0, 0.05) is 36.9 Å². The highest BCUT2D eigenvalue weighted by Crippen LogP contribution is 2.34. The van der Waals surface area contributed by atoms with Gasteiger partial charge in [0.15, 0.2) is 5.13 Å². The molecule has 1 N–H and O–H groups in total. The molecule has 1 aliphatic carbocycles. The van der Waals surface area contributed by atoms with E-state index in [1.807, 2.05) is 30.4 Å². The lowest BCUT2D eigenvalue weighted by atomic mass is 9.90. The Balaban J connectivity index is 1.30. The van der Waals surface area contributed by atoms with Gasteiger partial charge < -0.3 is 15.0 Å². The Bertz CT molecular complexity index is 797. The van der Waals surface area contributed by atoms with E-state index in [1.54, 1.807) is 11.3 Å². The zero-order chi connectivity index (χ0) is 18.5. The van der Waals surface area contributed by atoms with Crippen LogP contribution in [-0.4, -0.2) is 43.7 Å². The van der Waals surface area contributed by atoms with E-state index in [9.17, 15) is 4.79 Å². The molecule has 0 spiro atoms. The third-order valence-corrected chi connectivity index (χ3v) is 6.30. The molecule has 142 valence electrons. The number of carbonyl (C=O) groups excluding carboxylic acids is 1. The number of aryl methyl sites for hydroxylation is 1. The van der Waals surface area contributed by atoms with E-state index in [2.05, 4.69) is 22.3 Å². The molecule has 0 bridgehead atoms. The minimum absolute atomic E-state index is 0.0299. The van der Waals surface area contributed by atoms with Crippen LogP contribution in [0.15, 0.2) is 36.4 Å². The SMILES string of the molecule is O=C(NCC=Cc1ccccc1)C1CCc2sc(N3CCOCC3)nc2C1. The van der Waals surface area contributed by atoms with Gasteiger partial charge in [0.2, 0.25) is 5.91 Å². The molecule has 27 heavy (non-hydrogen) atoms. The molecule has 1 aromatic heterocycles. The lowest BCUT2D eigenvalue weighted by Crippen LogP contribution is -2.36. The number of nitrogens with one attached hydrogen (secondary N) is 1. The number of fused-ring (bicyclic) bond motifs is 1. The second-order valence-electron chi connectivity index (χ2n) is 6.96. The largest absolute Gasteiger partial charge is 0.378 e. The van der Waals surface area contributed by atoms with Crippen molar-refractivity contribution in [2.45, 2.75) is 19.3 Å². The van der Waals surface area contributed by atoms with Gasteiger partial charge in [0.05, 0.1) is 18.9 Å². The molecule has 1 aromatic carbocycles. The zero-order valence-corrected chi connectivity index (χ0v) is 16.2. The van der Waals surface area contributed by atoms with Gasteiger partial charge in [0.25, 0.3) is 0 Å². The number of morpholine rings is 1. The maximum atomic E-state index is 12.5. The van der Waals surface area contributed by atoms with Crippen molar-refractivity contribution in [3.63, 3.8) is 0 Å². The number of ether oxygens (including phenoxy) is 1. The summed E-state index contributed by atoms with van der Waals surface area (Å²) < 4.78 is 5.42. The normalized spacial score (nSPS) is 19.9. The lowest BCUT2D eigenvalue weighted by molar-refractivity contribution is -0.125. The molecule has 5 nitrogen and oxygen atoms in total. The van der Waals surface area contributed by atoms with Crippen molar-refractivity contribution in [2.24, 2.45) is 5.92 Å². The molecule has 1 unspecified atom stereocenters. The van der Waals surface area contributed by atoms with Gasteiger partial charge in [-0.25, -0.2) is 4.98 Å². The molecule has 1 fully saturated rings. The van der Waals surface area contributed by atoms with Crippen molar-refractivity contribution in [1.29, 1.82) is 0 Å². The fraction of sp³-hybridized carbons (Fsp3) is 0.429. The minimum Gasteiger partial charge on any atom is -0.378 e. The monoisotopic (exact) mass is 383 g/mol. The van der Waals surface area contributed by atoms with Crippen molar-refractivity contribution in [2.75, 3.05) is 37.7 Å². The van der Waals surface area contributed by atoms with Gasteiger partial charge in [-0.05, 0) is 18.4 Å². The Labute approximate surface area is 164 Å². The van der Waals surface area contributed by atoms with E-state index in [0.717, 1.165) is 62.0 Å². The van der Waals surface area contributed by atoms with Crippen LogP contribution in [0.3, 0.4) is 0 Å². The average molecular weight is 384 g/mol. The predicted molar refractivity (Wildman–Crippen MR) is 109 cm³/mol. The van der Waals surface area contributed by atoms with E-state index in [0.29, 0.717) is 6.54 Å². The third-order valence-electron chi connectivity index (χ3n) is 5.08. The lowest BCUT2D eigenvalue weighted by Gasteiger charge is -2.26. The Morgan fingerprint density at radius 3 is 2.93 bits per heavy atom. The number of hydrogen-bond donors (Lipinski definition) is 1. The Kier molecular flexibility index (Phi) is 5.84. The number of nitrogens with zero attached hydrogens (tertiary/aromatic N) is 2. The van der Waals surface area contributed by atoms with Gasteiger partial charge in [-0.3, -0.25) is 4.79 Å². The summed E-state index contributed by atoms with van der Waals surface area (Å²) in [6.07, 6.45) is 6.65. The highest BCUT2D eigenvalue weighted by molar-refractivity contribution is 7.15. The summed E-state index contributed by atoms with van der Waals surface area (Å²) >= 11 is 1.79. The van der Waals surface area contributed by atoms with E-state index in [-0.39, 0.29) is 11.8 Å². The van der Waals surface area contributed by atoms with E-state index >= 15 is 0 Å². The van der Waals surface area contributed by atoms with Crippen molar-refractivity contribution in [3.05, 3.63) is 52.5 Å². The minimum atomic E-state index is 0.0299. The van der Waals surface area contributed by atoms with E-state index in [4.69, 9.17) is 9.72 Å². The highest BCUT2D eigenvalue weighted by atomic mass is 32.1. The first-order valence-corrected chi connectivity index (χ1v) is 10.4. The van der Waals surface area contributed by atoms with Gasteiger partial charge in [-0.15, -0.1) is 11.3 Å². The smallest absolute Gasteiger partial charge is 0.223 e. The molecule has 1 aliphatic heterocycles. The van der Waals surface area contributed by atoms with Crippen LogP contribution >= 0.6 is 11.3 Å². The first-order chi connectivity index (χ1) is 13.3. The van der Waals surface area contributed by atoms with Crippen LogP contribution in [0.5, 0.6) is 0 Å². The molecule has 2 aromatic rings. The van der Waals surface area contributed by atoms with Crippen molar-refractivity contribution in [1.82, 2.24) is 10.3 Å². The Morgan fingerprint density at radius 2 is 2.11 bits per heavy atom. The first-order valence-electron chi connectivity index (χ1n) is 9.60. The van der Waals surface area contributed by atoms with E-state index in [1.165, 1.54) is 4.88 Å². The van der Waals surface area contributed by atoms with Crippen LogP contribution in [-0.2, 0) is 22.4 Å². The summed E-state index contributed by atoms with van der Waals surface area (Å²) in [5, 5.41) is 4.14. The van der Waals surface area contributed by atoms with Gasteiger partial charge in [-0.2, -0.15) is 0 Å². The van der Waals surface area contributed by atoms with E-state index < -0.39 is 0 Å². The molecule has 0 radical (unpaired) electrons. The summed E-state index contributed by atoms with van der Waals surface area (Å²) in [7, 11) is 0. The fourth-order valence-electron chi connectivity index (χ4n) is 3.54. The second kappa shape index (κ2) is 8.67. The number of amides is 1. The molecular weight excluding hydrogens is 358 g/mol. The molecule has 1 saturated heterocycles. The second-order valence-corrected chi connectivity index (χ2v) is 8.03. The number of hydrogen-bond acceptors (Lipinski definition) is 5. The van der Waals surface area contributed by atoms with Gasteiger partial charge >= 0.3 is 0 Å². The quantitative estimate of drug-likeness (QED) is 0.863. The van der Waals surface area contributed by atoms with Crippen LogP contribution in [0.4, 0.5) is 5.13 Å². The average Bonchev–Trinajstić information content (AvgIpc) is 3.16. The number of benzene rings is 1. The first kappa shape index (κ1) is 18.2. The molecule has 6 heteroatoms. The molecule has 2 aliphatic rings. The van der Waals surface area contributed by atoms with Crippen LogP contribution in [0, 0.1) is 5.92 Å². The van der Waals surface area contributed by atoms with Crippen LogP contribution in [0.25, 0.3) is 6.08 Å². The van der Waals surface area contributed by atoms with Crippen LogP contribution in [0.1, 0.15) is 22.6 Å². The van der Waals surface area contributed by atoms with Gasteiger partial charge in [0.1, 0.15) is 0 Å². The standard InChI is InChI=1S/C21H25N3O2S/c25-20(22-10-4-7-16-5-2-1-3-6-16)17-8-9-19-18(15-17)23-21(27-19)24-11-13-26-14-12-24/h1-7,17H,8-15H2,(H,22,25). The molecule has 0 saturated carbocycles. The fourth-order valence-corrected chi connectivity index (χ4v) is 4.70. The Hall–Kier alpha value is -2.18. The zero-order valence-electron chi connectivity index (χ0n) is 15.4. The number of thiazole rings is 1. The topological polar surface area (TPSA) is 54.5 Å².